The highest BCUT2D eigenvalue weighted by Crippen LogP contribution is 2.27. The van der Waals surface area contributed by atoms with E-state index < -0.39 is 0 Å². The van der Waals surface area contributed by atoms with Gasteiger partial charge >= 0.3 is 0 Å². The number of carbonyl (C=O) groups is 2. The third kappa shape index (κ3) is 3.83. The molecule has 0 unspecified atom stereocenters. The zero-order chi connectivity index (χ0) is 15.6. The summed E-state index contributed by atoms with van der Waals surface area (Å²) in [6, 6.07) is 6.82. The summed E-state index contributed by atoms with van der Waals surface area (Å²) in [6.45, 7) is 5.28. The summed E-state index contributed by atoms with van der Waals surface area (Å²) in [5.41, 5.74) is 1.71. The van der Waals surface area contributed by atoms with Gasteiger partial charge in [-0.1, -0.05) is 11.6 Å². The van der Waals surface area contributed by atoms with Gasteiger partial charge in [0.1, 0.15) is 0 Å². The molecular weight excluding hydrogens is 308 g/mol. The number of aryl methyl sites for hydroxylation is 2. The molecule has 0 saturated carbocycles. The Morgan fingerprint density at radius 2 is 1.86 bits per heavy atom. The zero-order valence-corrected chi connectivity index (χ0v) is 13.5. The molecule has 1 aromatic heterocycles. The van der Waals surface area contributed by atoms with Gasteiger partial charge in [0.15, 0.2) is 0 Å². The zero-order valence-electron chi connectivity index (χ0n) is 11.9. The van der Waals surface area contributed by atoms with E-state index in [-0.39, 0.29) is 11.8 Å². The van der Waals surface area contributed by atoms with E-state index in [0.717, 1.165) is 9.75 Å². The lowest BCUT2D eigenvalue weighted by molar-refractivity contribution is -0.114. The minimum Gasteiger partial charge on any atom is -0.325 e. The first-order chi connectivity index (χ1) is 9.86. The van der Waals surface area contributed by atoms with Crippen molar-refractivity contribution in [1.82, 2.24) is 0 Å². The maximum absolute atomic E-state index is 12.2. The van der Waals surface area contributed by atoms with Crippen LogP contribution in [0.4, 0.5) is 11.4 Å². The van der Waals surface area contributed by atoms with Gasteiger partial charge in [-0.2, -0.15) is 0 Å². The quantitative estimate of drug-likeness (QED) is 0.888. The molecule has 0 bridgehead atoms. The molecule has 0 radical (unpaired) electrons. The Bertz CT molecular complexity index is 710. The smallest absolute Gasteiger partial charge is 0.256 e. The predicted molar refractivity (Wildman–Crippen MR) is 87.5 cm³/mol. The van der Waals surface area contributed by atoms with Crippen molar-refractivity contribution in [2.75, 3.05) is 10.6 Å². The van der Waals surface area contributed by atoms with Crippen LogP contribution in [0.15, 0.2) is 24.3 Å². The van der Waals surface area contributed by atoms with E-state index in [0.29, 0.717) is 22.0 Å². The van der Waals surface area contributed by atoms with Crippen LogP contribution in [0.1, 0.15) is 27.0 Å². The van der Waals surface area contributed by atoms with Crippen LogP contribution in [-0.4, -0.2) is 11.8 Å². The molecule has 0 atom stereocenters. The number of rotatable bonds is 3. The fourth-order valence-electron chi connectivity index (χ4n) is 1.94. The Morgan fingerprint density at radius 1 is 1.14 bits per heavy atom. The van der Waals surface area contributed by atoms with Gasteiger partial charge in [0.25, 0.3) is 5.91 Å². The maximum Gasteiger partial charge on any atom is 0.256 e. The van der Waals surface area contributed by atoms with Crippen LogP contribution in [0.25, 0.3) is 0 Å². The van der Waals surface area contributed by atoms with Crippen molar-refractivity contribution in [1.29, 1.82) is 0 Å². The number of nitrogens with one attached hydrogen (secondary N) is 2. The predicted octanol–water partition coefficient (Wildman–Crippen LogP) is 4.23. The van der Waals surface area contributed by atoms with Crippen molar-refractivity contribution in [2.24, 2.45) is 0 Å². The highest BCUT2D eigenvalue weighted by molar-refractivity contribution is 7.12. The summed E-state index contributed by atoms with van der Waals surface area (Å²) in [6.07, 6.45) is 0. The number of halogens is 1. The van der Waals surface area contributed by atoms with Crippen molar-refractivity contribution in [3.8, 4) is 0 Å². The maximum atomic E-state index is 12.2. The first kappa shape index (κ1) is 15.5. The molecule has 6 heteroatoms. The topological polar surface area (TPSA) is 58.2 Å². The molecule has 2 rings (SSSR count). The molecule has 2 N–H and O–H groups in total. The summed E-state index contributed by atoms with van der Waals surface area (Å²) in [5.74, 6) is -0.391. The van der Waals surface area contributed by atoms with E-state index in [4.69, 9.17) is 11.6 Å². The molecule has 21 heavy (non-hydrogen) atoms. The molecule has 2 aromatic rings. The lowest BCUT2D eigenvalue weighted by Gasteiger charge is -2.09. The number of carbonyl (C=O) groups excluding carboxylic acids is 2. The normalized spacial score (nSPS) is 10.3. The average Bonchev–Trinajstić information content (AvgIpc) is 2.72. The van der Waals surface area contributed by atoms with Crippen molar-refractivity contribution in [3.05, 3.63) is 44.6 Å². The van der Waals surface area contributed by atoms with E-state index in [9.17, 15) is 9.59 Å². The minimum atomic E-state index is -0.218. The van der Waals surface area contributed by atoms with Crippen molar-refractivity contribution < 1.29 is 9.59 Å². The Morgan fingerprint density at radius 3 is 2.43 bits per heavy atom. The van der Waals surface area contributed by atoms with E-state index in [1.165, 1.54) is 6.92 Å². The fourth-order valence-corrected chi connectivity index (χ4v) is 3.03. The number of hydrogen-bond acceptors (Lipinski definition) is 3. The molecule has 0 spiro atoms. The van der Waals surface area contributed by atoms with E-state index in [1.807, 2.05) is 19.9 Å². The van der Waals surface area contributed by atoms with Crippen LogP contribution >= 0.6 is 22.9 Å². The highest BCUT2D eigenvalue weighted by atomic mass is 35.5. The van der Waals surface area contributed by atoms with Gasteiger partial charge in [-0.05, 0) is 38.1 Å². The Hall–Kier alpha value is -1.85. The highest BCUT2D eigenvalue weighted by Gasteiger charge is 2.13. The number of anilines is 2. The van der Waals surface area contributed by atoms with E-state index in [1.54, 1.807) is 29.5 Å². The van der Waals surface area contributed by atoms with Crippen LogP contribution in [0.3, 0.4) is 0 Å². The van der Waals surface area contributed by atoms with Gasteiger partial charge in [-0.3, -0.25) is 9.59 Å². The van der Waals surface area contributed by atoms with Crippen LogP contribution < -0.4 is 10.6 Å². The molecule has 4 nitrogen and oxygen atoms in total. The Kier molecular flexibility index (Phi) is 4.65. The summed E-state index contributed by atoms with van der Waals surface area (Å²) < 4.78 is 0. The molecule has 110 valence electrons. The minimum absolute atomic E-state index is 0.173. The van der Waals surface area contributed by atoms with Crippen LogP contribution in [0.5, 0.6) is 0 Å². The number of thiophene rings is 1. The second kappa shape index (κ2) is 6.28. The van der Waals surface area contributed by atoms with Gasteiger partial charge in [0, 0.05) is 22.4 Å². The standard InChI is InChI=1S/C15H15ClN2O2S/c1-8-6-12(9(2)21-8)15(20)18-11-4-5-13(16)14(7-11)17-10(3)19/h4-7H,1-3H3,(H,17,19)(H,18,20). The molecular formula is C15H15ClN2O2S. The summed E-state index contributed by atoms with van der Waals surface area (Å²) in [4.78, 5) is 25.4. The van der Waals surface area contributed by atoms with Crippen molar-refractivity contribution in [3.63, 3.8) is 0 Å². The first-order valence-corrected chi connectivity index (χ1v) is 7.52. The molecule has 1 heterocycles. The second-order valence-corrected chi connectivity index (χ2v) is 6.52. The largest absolute Gasteiger partial charge is 0.325 e. The Labute approximate surface area is 132 Å². The number of hydrogen-bond donors (Lipinski definition) is 2. The third-order valence-corrected chi connectivity index (χ3v) is 4.12. The van der Waals surface area contributed by atoms with Gasteiger partial charge in [-0.25, -0.2) is 0 Å². The molecule has 0 fully saturated rings. The molecule has 0 aliphatic carbocycles. The van der Waals surface area contributed by atoms with Gasteiger partial charge in [0.2, 0.25) is 5.91 Å². The fraction of sp³-hybridized carbons (Fsp3) is 0.200. The van der Waals surface area contributed by atoms with E-state index in [2.05, 4.69) is 10.6 Å². The average molecular weight is 323 g/mol. The van der Waals surface area contributed by atoms with Gasteiger partial charge in [0.05, 0.1) is 16.3 Å². The van der Waals surface area contributed by atoms with Crippen molar-refractivity contribution in [2.45, 2.75) is 20.8 Å². The molecule has 0 saturated heterocycles. The first-order valence-electron chi connectivity index (χ1n) is 6.32. The van der Waals surface area contributed by atoms with Crippen LogP contribution in [-0.2, 0) is 4.79 Å². The van der Waals surface area contributed by atoms with Crippen LogP contribution in [0, 0.1) is 13.8 Å². The number of amides is 2. The third-order valence-electron chi connectivity index (χ3n) is 2.82. The molecule has 2 amide bonds. The summed E-state index contributed by atoms with van der Waals surface area (Å²) in [5, 5.41) is 5.85. The van der Waals surface area contributed by atoms with E-state index >= 15 is 0 Å². The van der Waals surface area contributed by atoms with Crippen LogP contribution in [0.2, 0.25) is 5.02 Å². The SMILES string of the molecule is CC(=O)Nc1cc(NC(=O)c2cc(C)sc2C)ccc1Cl. The summed E-state index contributed by atoms with van der Waals surface area (Å²) in [7, 11) is 0. The lowest BCUT2D eigenvalue weighted by atomic mass is 10.2. The Balaban J connectivity index is 2.21. The number of benzene rings is 1. The molecule has 1 aromatic carbocycles. The second-order valence-electron chi connectivity index (χ2n) is 4.66. The molecule has 0 aliphatic rings. The van der Waals surface area contributed by atoms with Gasteiger partial charge < -0.3 is 10.6 Å². The summed E-state index contributed by atoms with van der Waals surface area (Å²) >= 11 is 7.58. The van der Waals surface area contributed by atoms with Crippen molar-refractivity contribution >= 4 is 46.1 Å². The molecule has 0 aliphatic heterocycles. The van der Waals surface area contributed by atoms with Gasteiger partial charge in [-0.15, -0.1) is 11.3 Å². The lowest BCUT2D eigenvalue weighted by Crippen LogP contribution is -2.13. The monoisotopic (exact) mass is 322 g/mol.